The fraction of sp³-hybridized carbons (Fsp3) is 0.300. The van der Waals surface area contributed by atoms with Crippen LogP contribution < -0.4 is 4.74 Å². The van der Waals surface area contributed by atoms with Crippen molar-refractivity contribution in [2.75, 3.05) is 7.11 Å². The van der Waals surface area contributed by atoms with E-state index in [4.69, 9.17) is 6.57 Å². The van der Waals surface area contributed by atoms with Gasteiger partial charge in [0, 0.05) is 5.56 Å². The maximum atomic E-state index is 12.5. The Labute approximate surface area is 85.1 Å². The van der Waals surface area contributed by atoms with Gasteiger partial charge in [-0.25, -0.2) is 6.57 Å². The third kappa shape index (κ3) is 2.62. The van der Waals surface area contributed by atoms with Crippen LogP contribution in [0, 0.1) is 6.57 Å². The van der Waals surface area contributed by atoms with Gasteiger partial charge in [0.25, 0.3) is 0 Å². The Kier molecular flexibility index (Phi) is 3.20. The third-order valence-electron chi connectivity index (χ3n) is 1.83. The summed E-state index contributed by atoms with van der Waals surface area (Å²) >= 11 is 0. The Morgan fingerprint density at radius 3 is 2.53 bits per heavy atom. The molecule has 1 aromatic rings. The zero-order valence-corrected chi connectivity index (χ0v) is 7.93. The van der Waals surface area contributed by atoms with Crippen molar-refractivity contribution < 1.29 is 17.9 Å². The Bertz CT molecular complexity index is 393. The van der Waals surface area contributed by atoms with Crippen LogP contribution in [0.1, 0.15) is 11.1 Å². The van der Waals surface area contributed by atoms with Crippen LogP contribution in [-0.2, 0) is 12.7 Å². The predicted octanol–water partition coefficient (Wildman–Crippen LogP) is 3.13. The standard InChI is InChI=1S/C10H8F3NO/c1-14-6-7-3-4-9(15-2)8(5-7)10(11,12)13/h3-5H,6H2,2H3. The van der Waals surface area contributed by atoms with Gasteiger partial charge < -0.3 is 9.58 Å². The molecular weight excluding hydrogens is 207 g/mol. The fourth-order valence-electron chi connectivity index (χ4n) is 1.17. The molecule has 0 radical (unpaired) electrons. The Hall–Kier alpha value is -1.70. The molecule has 0 saturated carbocycles. The molecule has 0 amide bonds. The van der Waals surface area contributed by atoms with E-state index >= 15 is 0 Å². The topological polar surface area (TPSA) is 13.6 Å². The van der Waals surface area contributed by atoms with E-state index in [1.54, 1.807) is 0 Å². The minimum Gasteiger partial charge on any atom is -0.496 e. The summed E-state index contributed by atoms with van der Waals surface area (Å²) in [7, 11) is 1.18. The molecule has 0 aliphatic rings. The number of rotatable bonds is 2. The molecule has 0 atom stereocenters. The van der Waals surface area contributed by atoms with Crippen LogP contribution in [0.5, 0.6) is 5.75 Å². The van der Waals surface area contributed by atoms with Crippen LogP contribution in [0.15, 0.2) is 18.2 Å². The molecule has 0 N–H and O–H groups in total. The summed E-state index contributed by atoms with van der Waals surface area (Å²) in [6.07, 6.45) is -4.45. The number of hydrogen-bond acceptors (Lipinski definition) is 1. The number of alkyl halides is 3. The van der Waals surface area contributed by atoms with Crippen molar-refractivity contribution in [3.63, 3.8) is 0 Å². The minimum atomic E-state index is -4.45. The SMILES string of the molecule is [C-]#[N+]Cc1ccc(OC)c(C(F)(F)F)c1. The lowest BCUT2D eigenvalue weighted by Gasteiger charge is -2.11. The summed E-state index contributed by atoms with van der Waals surface area (Å²) in [5.41, 5.74) is -0.510. The van der Waals surface area contributed by atoms with Gasteiger partial charge in [0.15, 0.2) is 0 Å². The smallest absolute Gasteiger partial charge is 0.419 e. The van der Waals surface area contributed by atoms with E-state index in [1.807, 2.05) is 0 Å². The second-order valence-electron chi connectivity index (χ2n) is 2.85. The lowest BCUT2D eigenvalue weighted by molar-refractivity contribution is -0.138. The maximum Gasteiger partial charge on any atom is 0.419 e. The summed E-state index contributed by atoms with van der Waals surface area (Å²) in [5, 5.41) is 0. The van der Waals surface area contributed by atoms with Crippen LogP contribution >= 0.6 is 0 Å². The summed E-state index contributed by atoms with van der Waals surface area (Å²) in [4.78, 5) is 3.03. The van der Waals surface area contributed by atoms with Crippen LogP contribution in [0.4, 0.5) is 13.2 Å². The molecule has 0 aliphatic heterocycles. The summed E-state index contributed by atoms with van der Waals surface area (Å²) in [6, 6.07) is 3.62. The number of nitrogens with zero attached hydrogens (tertiary/aromatic N) is 1. The average Bonchev–Trinajstić information content (AvgIpc) is 2.17. The lowest BCUT2D eigenvalue weighted by Crippen LogP contribution is -2.08. The first-order valence-electron chi connectivity index (χ1n) is 4.06. The van der Waals surface area contributed by atoms with Gasteiger partial charge in [-0.1, -0.05) is 0 Å². The molecule has 2 nitrogen and oxygen atoms in total. The van der Waals surface area contributed by atoms with Crippen LogP contribution in [0.2, 0.25) is 0 Å². The van der Waals surface area contributed by atoms with E-state index in [9.17, 15) is 13.2 Å². The maximum absolute atomic E-state index is 12.5. The highest BCUT2D eigenvalue weighted by Crippen LogP contribution is 2.36. The second-order valence-corrected chi connectivity index (χ2v) is 2.85. The van der Waals surface area contributed by atoms with E-state index in [-0.39, 0.29) is 12.3 Å². The first-order chi connectivity index (χ1) is 6.99. The van der Waals surface area contributed by atoms with Gasteiger partial charge in [-0.15, -0.1) is 0 Å². The first-order valence-corrected chi connectivity index (χ1v) is 4.06. The van der Waals surface area contributed by atoms with Gasteiger partial charge in [-0.2, -0.15) is 13.2 Å². The summed E-state index contributed by atoms with van der Waals surface area (Å²) in [6.45, 7) is 6.52. The highest BCUT2D eigenvalue weighted by molar-refractivity contribution is 5.39. The van der Waals surface area contributed by atoms with Gasteiger partial charge in [0.2, 0.25) is 6.54 Å². The minimum absolute atomic E-state index is 0.0624. The highest BCUT2D eigenvalue weighted by atomic mass is 19.4. The molecule has 15 heavy (non-hydrogen) atoms. The van der Waals surface area contributed by atoms with Crippen molar-refractivity contribution in [2.45, 2.75) is 12.7 Å². The van der Waals surface area contributed by atoms with Crippen molar-refractivity contribution in [3.8, 4) is 5.75 Å². The summed E-state index contributed by atoms with van der Waals surface area (Å²) in [5.74, 6) is -0.226. The normalized spacial score (nSPS) is 10.9. The molecule has 0 heterocycles. The molecule has 1 aromatic carbocycles. The number of halogens is 3. The molecule has 1 rings (SSSR count). The highest BCUT2D eigenvalue weighted by Gasteiger charge is 2.34. The van der Waals surface area contributed by atoms with Gasteiger partial charge in [-0.05, 0) is 18.2 Å². The van der Waals surface area contributed by atoms with Gasteiger partial charge >= 0.3 is 6.18 Å². The van der Waals surface area contributed by atoms with Crippen molar-refractivity contribution in [1.29, 1.82) is 0 Å². The quantitative estimate of drug-likeness (QED) is 0.691. The van der Waals surface area contributed by atoms with E-state index in [2.05, 4.69) is 9.58 Å². The predicted molar refractivity (Wildman–Crippen MR) is 48.3 cm³/mol. The van der Waals surface area contributed by atoms with E-state index < -0.39 is 11.7 Å². The molecular formula is C10H8F3NO. The Morgan fingerprint density at radius 1 is 1.40 bits per heavy atom. The van der Waals surface area contributed by atoms with Gasteiger partial charge in [0.1, 0.15) is 5.75 Å². The Balaban J connectivity index is 3.21. The monoisotopic (exact) mass is 215 g/mol. The average molecular weight is 215 g/mol. The van der Waals surface area contributed by atoms with Crippen molar-refractivity contribution in [3.05, 3.63) is 40.7 Å². The largest absolute Gasteiger partial charge is 0.496 e. The zero-order chi connectivity index (χ0) is 11.5. The molecule has 80 valence electrons. The fourth-order valence-corrected chi connectivity index (χ4v) is 1.17. The molecule has 0 bridgehead atoms. The van der Waals surface area contributed by atoms with Crippen LogP contribution in [-0.4, -0.2) is 7.11 Å². The van der Waals surface area contributed by atoms with Gasteiger partial charge in [0.05, 0.1) is 12.7 Å². The van der Waals surface area contributed by atoms with Crippen molar-refractivity contribution in [1.82, 2.24) is 0 Å². The number of hydrogen-bond donors (Lipinski definition) is 0. The summed E-state index contributed by atoms with van der Waals surface area (Å²) < 4.78 is 42.1. The zero-order valence-electron chi connectivity index (χ0n) is 7.93. The third-order valence-corrected chi connectivity index (χ3v) is 1.83. The first kappa shape index (κ1) is 11.4. The van der Waals surface area contributed by atoms with Crippen molar-refractivity contribution >= 4 is 0 Å². The number of methoxy groups -OCH3 is 1. The second kappa shape index (κ2) is 4.22. The number of ether oxygens (including phenoxy) is 1. The molecule has 0 aliphatic carbocycles. The molecule has 0 fully saturated rings. The molecule has 0 aromatic heterocycles. The molecule has 5 heteroatoms. The molecule has 0 unspecified atom stereocenters. The van der Waals surface area contributed by atoms with Crippen molar-refractivity contribution in [2.24, 2.45) is 0 Å². The van der Waals surface area contributed by atoms with Crippen LogP contribution in [0.3, 0.4) is 0 Å². The van der Waals surface area contributed by atoms with E-state index in [1.165, 1.54) is 19.2 Å². The van der Waals surface area contributed by atoms with Gasteiger partial charge in [-0.3, -0.25) is 0 Å². The number of benzene rings is 1. The van der Waals surface area contributed by atoms with Crippen LogP contribution in [0.25, 0.3) is 4.85 Å². The van der Waals surface area contributed by atoms with E-state index in [0.29, 0.717) is 5.56 Å². The molecule has 0 saturated heterocycles. The molecule has 0 spiro atoms. The van der Waals surface area contributed by atoms with E-state index in [0.717, 1.165) is 6.07 Å². The lowest BCUT2D eigenvalue weighted by atomic mass is 10.1. The Morgan fingerprint density at radius 2 is 2.07 bits per heavy atom.